The van der Waals surface area contributed by atoms with E-state index in [-0.39, 0.29) is 0 Å². The smallest absolute Gasteiger partial charge is 0.370 e. The normalized spacial score (nSPS) is 21.4. The van der Waals surface area contributed by atoms with Gasteiger partial charge in [0.1, 0.15) is 0 Å². The molecule has 0 aliphatic heterocycles. The number of aliphatic hydroxyl groups is 1. The Morgan fingerprint density at radius 1 is 1.16 bits per heavy atom. The highest BCUT2D eigenvalue weighted by Crippen LogP contribution is 2.21. The van der Waals surface area contributed by atoms with E-state index in [0.29, 0.717) is 12.0 Å². The minimum absolute atomic E-state index is 0.638. The molecule has 2 rings (SSSR count). The number of hydrogen-bond acceptors (Lipinski definition) is 3. The van der Waals surface area contributed by atoms with Crippen LogP contribution in [0.3, 0.4) is 0 Å². The number of carboxylic acids is 1. The lowest BCUT2D eigenvalue weighted by atomic mass is 9.96. The first-order valence-electron chi connectivity index (χ1n) is 8.18. The number of nitrogens with zero attached hydrogens (tertiary/aromatic N) is 1. The molecule has 4 nitrogen and oxygen atoms in total. The number of benzene rings is 1. The fourth-order valence-electron chi connectivity index (χ4n) is 2.62. The molecule has 25 heavy (non-hydrogen) atoms. The van der Waals surface area contributed by atoms with E-state index in [1.54, 1.807) is 0 Å². The number of carboxylic acid groups (broad SMARTS) is 1. The highest BCUT2D eigenvalue weighted by Gasteiger charge is 2.07. The van der Waals surface area contributed by atoms with Gasteiger partial charge in [0.25, 0.3) is 0 Å². The average Bonchev–Trinajstić information content (AvgIpc) is 2.60. The van der Waals surface area contributed by atoms with Crippen LogP contribution in [0.1, 0.15) is 37.3 Å². The molecule has 1 aromatic carbocycles. The van der Waals surface area contributed by atoms with Crippen molar-refractivity contribution >= 4 is 5.97 Å². The molecule has 0 spiro atoms. The van der Waals surface area contributed by atoms with Crippen molar-refractivity contribution in [3.05, 3.63) is 82.2 Å². The molecule has 0 saturated heterocycles. The van der Waals surface area contributed by atoms with Gasteiger partial charge in [-0.25, -0.2) is 4.79 Å². The summed E-state index contributed by atoms with van der Waals surface area (Å²) < 4.78 is 0. The summed E-state index contributed by atoms with van der Waals surface area (Å²) in [7, 11) is 0. The molecule has 2 N–H and O–H groups in total. The number of allylic oxidation sites excluding steroid dienone is 7. The van der Waals surface area contributed by atoms with E-state index in [1.165, 1.54) is 17.2 Å². The van der Waals surface area contributed by atoms with Gasteiger partial charge < -0.3 is 10.2 Å². The second kappa shape index (κ2) is 8.70. The molecule has 4 heteroatoms. The van der Waals surface area contributed by atoms with Gasteiger partial charge in [0, 0.05) is 0 Å². The Hall–Kier alpha value is -3.06. The largest absolute Gasteiger partial charge is 0.502 e. The standard InChI is InChI=1S/C21H21NO3/c1-15-2-3-18(13-20(23)21(24)25)9-8-17(12-15)7-4-16-5-10-19(14-22)11-6-16/h5-6,8-13,23H,2-4,7H2,1H3,(H,24,25)/b15-12+,17-8-,18-9+,20-13-. The van der Waals surface area contributed by atoms with Crippen molar-refractivity contribution in [1.29, 1.82) is 5.26 Å². The maximum atomic E-state index is 10.8. The average molecular weight is 335 g/mol. The fraction of sp³-hybridized carbons (Fsp3) is 0.238. The number of nitriles is 1. The van der Waals surface area contributed by atoms with E-state index in [4.69, 9.17) is 10.4 Å². The Balaban J connectivity index is 2.13. The van der Waals surface area contributed by atoms with Gasteiger partial charge in [-0.05, 0) is 67.5 Å². The second-order valence-electron chi connectivity index (χ2n) is 6.12. The lowest BCUT2D eigenvalue weighted by Gasteiger charge is -2.10. The number of aliphatic hydroxyl groups excluding tert-OH is 1. The predicted octanol–water partition coefficient (Wildman–Crippen LogP) is 4.61. The zero-order valence-corrected chi connectivity index (χ0v) is 14.2. The molecule has 0 amide bonds. The van der Waals surface area contributed by atoms with Crippen molar-refractivity contribution in [1.82, 2.24) is 0 Å². The molecule has 0 bridgehead atoms. The molecule has 0 fully saturated rings. The minimum Gasteiger partial charge on any atom is -0.502 e. The second-order valence-corrected chi connectivity index (χ2v) is 6.12. The SMILES string of the molecule is C\C1=C/C(CCc2ccc(C#N)cc2)=C\C=C(\C=C(/O)C(=O)O)CC1. The third-order valence-electron chi connectivity index (χ3n) is 4.08. The van der Waals surface area contributed by atoms with E-state index < -0.39 is 11.7 Å². The quantitative estimate of drug-likeness (QED) is 0.608. The van der Waals surface area contributed by atoms with Crippen molar-refractivity contribution in [2.45, 2.75) is 32.6 Å². The molecule has 0 saturated carbocycles. The van der Waals surface area contributed by atoms with E-state index in [2.05, 4.69) is 19.1 Å². The Bertz CT molecular complexity index is 803. The van der Waals surface area contributed by atoms with Crippen LogP contribution in [0.2, 0.25) is 0 Å². The van der Waals surface area contributed by atoms with Gasteiger partial charge in [0.05, 0.1) is 11.6 Å². The van der Waals surface area contributed by atoms with Crippen molar-refractivity contribution in [2.24, 2.45) is 0 Å². The van der Waals surface area contributed by atoms with Crippen LogP contribution >= 0.6 is 0 Å². The van der Waals surface area contributed by atoms with Crippen LogP contribution in [0.4, 0.5) is 0 Å². The molecule has 1 aliphatic carbocycles. The number of aliphatic carboxylic acids is 1. The van der Waals surface area contributed by atoms with Crippen molar-refractivity contribution in [3.63, 3.8) is 0 Å². The summed E-state index contributed by atoms with van der Waals surface area (Å²) in [6.07, 6.45) is 10.6. The zero-order valence-electron chi connectivity index (χ0n) is 14.2. The van der Waals surface area contributed by atoms with Crippen LogP contribution < -0.4 is 0 Å². The van der Waals surface area contributed by atoms with E-state index in [0.717, 1.165) is 30.4 Å². The Kier molecular flexibility index (Phi) is 6.36. The summed E-state index contributed by atoms with van der Waals surface area (Å²) in [5.41, 5.74) is 4.99. The van der Waals surface area contributed by atoms with Crippen molar-refractivity contribution in [3.8, 4) is 6.07 Å². The summed E-state index contributed by atoms with van der Waals surface area (Å²) in [4.78, 5) is 10.8. The Morgan fingerprint density at radius 3 is 2.52 bits per heavy atom. The fourth-order valence-corrected chi connectivity index (χ4v) is 2.62. The van der Waals surface area contributed by atoms with Gasteiger partial charge in [-0.15, -0.1) is 0 Å². The molecule has 0 radical (unpaired) electrons. The molecular formula is C21H21NO3. The minimum atomic E-state index is -1.32. The third-order valence-corrected chi connectivity index (χ3v) is 4.08. The Morgan fingerprint density at radius 2 is 1.88 bits per heavy atom. The lowest BCUT2D eigenvalue weighted by molar-refractivity contribution is -0.135. The predicted molar refractivity (Wildman–Crippen MR) is 97.0 cm³/mol. The summed E-state index contributed by atoms with van der Waals surface area (Å²) in [6.45, 7) is 2.05. The Labute approximate surface area is 147 Å². The highest BCUT2D eigenvalue weighted by atomic mass is 16.4. The van der Waals surface area contributed by atoms with Crippen LogP contribution in [-0.4, -0.2) is 16.2 Å². The summed E-state index contributed by atoms with van der Waals surface area (Å²) >= 11 is 0. The van der Waals surface area contributed by atoms with Crippen molar-refractivity contribution < 1.29 is 15.0 Å². The van der Waals surface area contributed by atoms with Crippen LogP contribution in [0, 0.1) is 11.3 Å². The van der Waals surface area contributed by atoms with E-state index in [1.807, 2.05) is 36.4 Å². The van der Waals surface area contributed by atoms with Gasteiger partial charge in [0.2, 0.25) is 5.76 Å². The molecule has 0 atom stereocenters. The topological polar surface area (TPSA) is 81.3 Å². The monoisotopic (exact) mass is 335 g/mol. The molecular weight excluding hydrogens is 314 g/mol. The van der Waals surface area contributed by atoms with Gasteiger partial charge in [-0.3, -0.25) is 0 Å². The van der Waals surface area contributed by atoms with Crippen LogP contribution in [-0.2, 0) is 11.2 Å². The van der Waals surface area contributed by atoms with Gasteiger partial charge in [0.15, 0.2) is 0 Å². The molecule has 1 aromatic rings. The van der Waals surface area contributed by atoms with Gasteiger partial charge in [-0.1, -0.05) is 35.9 Å². The van der Waals surface area contributed by atoms with Crippen LogP contribution in [0.25, 0.3) is 0 Å². The maximum absolute atomic E-state index is 10.8. The molecule has 0 aromatic heterocycles. The number of carbonyl (C=O) groups is 1. The molecule has 0 heterocycles. The number of rotatable bonds is 5. The summed E-state index contributed by atoms with van der Waals surface area (Å²) in [5, 5.41) is 27.1. The number of hydrogen-bond donors (Lipinski definition) is 2. The molecule has 1 aliphatic rings. The van der Waals surface area contributed by atoms with Gasteiger partial charge in [-0.2, -0.15) is 5.26 Å². The lowest BCUT2D eigenvalue weighted by Crippen LogP contribution is -2.00. The van der Waals surface area contributed by atoms with Crippen LogP contribution in [0.5, 0.6) is 0 Å². The van der Waals surface area contributed by atoms with Crippen molar-refractivity contribution in [2.75, 3.05) is 0 Å². The molecule has 0 unspecified atom stereocenters. The third kappa shape index (κ3) is 5.82. The first-order valence-corrected chi connectivity index (χ1v) is 8.18. The highest BCUT2D eigenvalue weighted by molar-refractivity contribution is 5.84. The molecule has 128 valence electrons. The summed E-state index contributed by atoms with van der Waals surface area (Å²) in [5.74, 6) is -1.96. The van der Waals surface area contributed by atoms with E-state index >= 15 is 0 Å². The summed E-state index contributed by atoms with van der Waals surface area (Å²) in [6, 6.07) is 9.68. The maximum Gasteiger partial charge on any atom is 0.370 e. The van der Waals surface area contributed by atoms with E-state index in [9.17, 15) is 9.90 Å². The van der Waals surface area contributed by atoms with Gasteiger partial charge >= 0.3 is 5.97 Å². The van der Waals surface area contributed by atoms with Crippen LogP contribution in [0.15, 0.2) is 71.0 Å². The zero-order chi connectivity index (χ0) is 18.2. The number of aryl methyl sites for hydroxylation is 1. The first-order chi connectivity index (χ1) is 12.0. The first kappa shape index (κ1) is 18.3.